The molecule has 190 valence electrons. The first-order valence-electron chi connectivity index (χ1n) is 11.7. The second-order valence-corrected chi connectivity index (χ2v) is 8.85. The fraction of sp³-hybridized carbons (Fsp3) is 0.308. The molecule has 2 aromatic carbocycles. The van der Waals surface area contributed by atoms with Crippen LogP contribution in [0.3, 0.4) is 0 Å². The summed E-state index contributed by atoms with van der Waals surface area (Å²) in [6.45, 7) is 2.50. The predicted molar refractivity (Wildman–Crippen MR) is 131 cm³/mol. The summed E-state index contributed by atoms with van der Waals surface area (Å²) in [5.74, 6) is 5.95. The van der Waals surface area contributed by atoms with E-state index < -0.39 is 17.5 Å². The third-order valence-electron chi connectivity index (χ3n) is 6.53. The van der Waals surface area contributed by atoms with Crippen LogP contribution in [-0.2, 0) is 16.1 Å². The van der Waals surface area contributed by atoms with Crippen molar-refractivity contribution in [3.05, 3.63) is 64.7 Å². The minimum atomic E-state index is -1.61. The Morgan fingerprint density at radius 2 is 1.92 bits per heavy atom. The lowest BCUT2D eigenvalue weighted by Gasteiger charge is -2.29. The average Bonchev–Trinajstić information content (AvgIpc) is 3.38. The molecular formula is C26H25N5O6. The van der Waals surface area contributed by atoms with Gasteiger partial charge in [0.2, 0.25) is 5.54 Å². The standard InChI is InChI=1S/C26H25N5O6/c1-36-20-7-6-19-15-31(23(32)21(19)14-20)16-26(24(33)27-25(34)28-26)9-8-17-2-4-18(5-3-17)22(29-35)30-10-12-37-13-11-30/h2-7,14,35H,10-13,15-16H2,1H3,(H2,27,28,33,34)/t26-/m1/s1. The van der Waals surface area contributed by atoms with Crippen LogP contribution in [0.1, 0.15) is 27.0 Å². The van der Waals surface area contributed by atoms with Crippen molar-refractivity contribution in [2.75, 3.05) is 40.0 Å². The summed E-state index contributed by atoms with van der Waals surface area (Å²) >= 11 is 0. The van der Waals surface area contributed by atoms with Crippen LogP contribution in [0, 0.1) is 11.8 Å². The first kappa shape index (κ1) is 24.1. The van der Waals surface area contributed by atoms with Gasteiger partial charge in [-0.25, -0.2) is 4.79 Å². The molecule has 0 bridgehead atoms. The van der Waals surface area contributed by atoms with Crippen LogP contribution in [0.4, 0.5) is 4.79 Å². The van der Waals surface area contributed by atoms with Gasteiger partial charge in [0.05, 0.1) is 26.9 Å². The molecule has 0 unspecified atom stereocenters. The third kappa shape index (κ3) is 4.66. The van der Waals surface area contributed by atoms with Crippen molar-refractivity contribution in [3.8, 4) is 17.6 Å². The van der Waals surface area contributed by atoms with E-state index in [9.17, 15) is 19.6 Å². The van der Waals surface area contributed by atoms with Gasteiger partial charge >= 0.3 is 6.03 Å². The number of amides is 4. The summed E-state index contributed by atoms with van der Waals surface area (Å²) in [6, 6.07) is 11.6. The number of carbonyl (C=O) groups is 3. The number of oxime groups is 1. The summed E-state index contributed by atoms with van der Waals surface area (Å²) in [7, 11) is 1.52. The van der Waals surface area contributed by atoms with E-state index in [0.717, 1.165) is 5.56 Å². The zero-order chi connectivity index (χ0) is 26.0. The highest BCUT2D eigenvalue weighted by molar-refractivity contribution is 6.10. The van der Waals surface area contributed by atoms with E-state index in [1.165, 1.54) is 12.0 Å². The Kier molecular flexibility index (Phi) is 6.42. The number of morpholine rings is 1. The molecule has 37 heavy (non-hydrogen) atoms. The first-order valence-corrected chi connectivity index (χ1v) is 11.7. The van der Waals surface area contributed by atoms with Crippen molar-refractivity contribution in [3.63, 3.8) is 0 Å². The van der Waals surface area contributed by atoms with Gasteiger partial charge in [0, 0.05) is 36.3 Å². The molecule has 5 rings (SSSR count). The van der Waals surface area contributed by atoms with E-state index in [-0.39, 0.29) is 19.0 Å². The van der Waals surface area contributed by atoms with Gasteiger partial charge in [-0.15, -0.1) is 0 Å². The monoisotopic (exact) mass is 503 g/mol. The molecular weight excluding hydrogens is 478 g/mol. The Morgan fingerprint density at radius 3 is 2.57 bits per heavy atom. The van der Waals surface area contributed by atoms with Crippen LogP contribution in [0.5, 0.6) is 5.75 Å². The number of benzene rings is 2. The van der Waals surface area contributed by atoms with E-state index in [1.54, 1.807) is 42.5 Å². The van der Waals surface area contributed by atoms with Crippen molar-refractivity contribution in [1.29, 1.82) is 0 Å². The first-order chi connectivity index (χ1) is 17.9. The van der Waals surface area contributed by atoms with Crippen molar-refractivity contribution in [2.45, 2.75) is 12.1 Å². The lowest BCUT2D eigenvalue weighted by atomic mass is 9.99. The molecule has 3 N–H and O–H groups in total. The average molecular weight is 504 g/mol. The largest absolute Gasteiger partial charge is 0.497 e. The highest BCUT2D eigenvalue weighted by Crippen LogP contribution is 2.28. The van der Waals surface area contributed by atoms with E-state index in [1.807, 2.05) is 4.90 Å². The van der Waals surface area contributed by atoms with Crippen LogP contribution in [-0.4, -0.2) is 84.2 Å². The topological polar surface area (TPSA) is 133 Å². The summed E-state index contributed by atoms with van der Waals surface area (Å²) in [6.07, 6.45) is 0. The zero-order valence-electron chi connectivity index (χ0n) is 20.1. The Hall–Kier alpha value is -4.56. The lowest BCUT2D eigenvalue weighted by molar-refractivity contribution is -0.122. The Balaban J connectivity index is 1.37. The molecule has 2 saturated heterocycles. The number of imide groups is 1. The van der Waals surface area contributed by atoms with E-state index >= 15 is 0 Å². The second kappa shape index (κ2) is 9.83. The molecule has 0 aliphatic carbocycles. The number of ether oxygens (including phenoxy) is 2. The molecule has 1 atom stereocenters. The quantitative estimate of drug-likeness (QED) is 0.140. The Bertz CT molecular complexity index is 1340. The molecule has 11 heteroatoms. The number of carbonyl (C=O) groups excluding carboxylic acids is 3. The van der Waals surface area contributed by atoms with Crippen LogP contribution in [0.25, 0.3) is 0 Å². The van der Waals surface area contributed by atoms with Crippen LogP contribution in [0.2, 0.25) is 0 Å². The number of fused-ring (bicyclic) bond motifs is 1. The summed E-state index contributed by atoms with van der Waals surface area (Å²) in [5.41, 5.74) is 0.966. The Morgan fingerprint density at radius 1 is 1.16 bits per heavy atom. The zero-order valence-corrected chi connectivity index (χ0v) is 20.1. The van der Waals surface area contributed by atoms with Crippen molar-refractivity contribution in [2.24, 2.45) is 5.16 Å². The summed E-state index contributed by atoms with van der Waals surface area (Å²) in [5, 5.41) is 17.8. The minimum absolute atomic E-state index is 0.121. The van der Waals surface area contributed by atoms with Gasteiger partial charge in [0.25, 0.3) is 11.8 Å². The molecule has 3 aliphatic heterocycles. The molecule has 0 saturated carbocycles. The molecule has 0 aromatic heterocycles. The van der Waals surface area contributed by atoms with E-state index in [4.69, 9.17) is 9.47 Å². The molecule has 2 aromatic rings. The molecule has 3 aliphatic rings. The van der Waals surface area contributed by atoms with Gasteiger partial charge < -0.3 is 29.8 Å². The van der Waals surface area contributed by atoms with E-state index in [2.05, 4.69) is 27.6 Å². The summed E-state index contributed by atoms with van der Waals surface area (Å²) in [4.78, 5) is 41.4. The molecule has 0 spiro atoms. The van der Waals surface area contributed by atoms with E-state index in [0.29, 0.717) is 54.6 Å². The number of nitrogens with one attached hydrogen (secondary N) is 2. The third-order valence-corrected chi connectivity index (χ3v) is 6.53. The van der Waals surface area contributed by atoms with Crippen molar-refractivity contribution >= 4 is 23.7 Å². The Labute approximate surface area is 213 Å². The number of amidine groups is 1. The van der Waals surface area contributed by atoms with Gasteiger partial charge in [-0.2, -0.15) is 0 Å². The van der Waals surface area contributed by atoms with Gasteiger partial charge in [-0.05, 0) is 42.0 Å². The van der Waals surface area contributed by atoms with Gasteiger partial charge in [-0.1, -0.05) is 23.1 Å². The molecule has 4 amide bonds. The number of hydrogen-bond acceptors (Lipinski definition) is 7. The predicted octanol–water partition coefficient (Wildman–Crippen LogP) is 0.749. The number of methoxy groups -OCH3 is 1. The maximum Gasteiger partial charge on any atom is 0.323 e. The second-order valence-electron chi connectivity index (χ2n) is 8.85. The fourth-order valence-corrected chi connectivity index (χ4v) is 4.57. The van der Waals surface area contributed by atoms with Gasteiger partial charge in [-0.3, -0.25) is 14.9 Å². The maximum absolute atomic E-state index is 13.1. The molecule has 0 radical (unpaired) electrons. The smallest absolute Gasteiger partial charge is 0.323 e. The fourth-order valence-electron chi connectivity index (χ4n) is 4.57. The molecule has 11 nitrogen and oxygen atoms in total. The summed E-state index contributed by atoms with van der Waals surface area (Å²) < 4.78 is 10.6. The minimum Gasteiger partial charge on any atom is -0.497 e. The van der Waals surface area contributed by atoms with Crippen molar-refractivity contribution in [1.82, 2.24) is 20.4 Å². The van der Waals surface area contributed by atoms with Crippen molar-refractivity contribution < 1.29 is 29.1 Å². The van der Waals surface area contributed by atoms with Crippen LogP contribution < -0.4 is 15.4 Å². The molecule has 3 heterocycles. The SMILES string of the molecule is COc1ccc2c(c1)C(=O)N(C[C@@]1(C#Cc3ccc(C(=NO)N4CCOCC4)cc3)NC(=O)NC1=O)C2. The lowest BCUT2D eigenvalue weighted by Crippen LogP contribution is -2.54. The number of urea groups is 1. The number of nitrogens with zero attached hydrogens (tertiary/aromatic N) is 3. The highest BCUT2D eigenvalue weighted by Gasteiger charge is 2.48. The number of hydrogen-bond donors (Lipinski definition) is 3. The normalized spacial score (nSPS) is 21.2. The number of rotatable bonds is 4. The van der Waals surface area contributed by atoms with Gasteiger partial charge in [0.15, 0.2) is 5.84 Å². The molecule has 2 fully saturated rings. The maximum atomic E-state index is 13.1. The van der Waals surface area contributed by atoms with Gasteiger partial charge in [0.1, 0.15) is 5.75 Å². The highest BCUT2D eigenvalue weighted by atomic mass is 16.5. The van der Waals surface area contributed by atoms with Crippen LogP contribution >= 0.6 is 0 Å². The van der Waals surface area contributed by atoms with Crippen LogP contribution in [0.15, 0.2) is 47.6 Å².